The third-order valence-electron chi connectivity index (χ3n) is 2.27. The van der Waals surface area contributed by atoms with E-state index in [1.165, 1.54) is 0 Å². The van der Waals surface area contributed by atoms with Crippen molar-refractivity contribution in [1.82, 2.24) is 5.32 Å². The lowest BCUT2D eigenvalue weighted by atomic mass is 10.1. The fourth-order valence-electron chi connectivity index (χ4n) is 1.32. The Balaban J connectivity index is 2.41. The molecule has 5 heteroatoms. The second-order valence-electron chi connectivity index (χ2n) is 3.80. The van der Waals surface area contributed by atoms with E-state index in [1.54, 1.807) is 31.2 Å². The lowest BCUT2D eigenvalue weighted by Gasteiger charge is -2.09. The molecule has 0 spiro atoms. The Labute approximate surface area is 106 Å². The summed E-state index contributed by atoms with van der Waals surface area (Å²) in [6.45, 7) is 1.88. The molecule has 5 nitrogen and oxygen atoms in total. The maximum Gasteiger partial charge on any atom is 0.257 e. The van der Waals surface area contributed by atoms with E-state index in [0.29, 0.717) is 12.3 Å². The molecular formula is C13H16N2O3. The predicted molar refractivity (Wildman–Crippen MR) is 65.8 cm³/mol. The zero-order chi connectivity index (χ0) is 13.4. The van der Waals surface area contributed by atoms with E-state index in [2.05, 4.69) is 5.32 Å². The molecule has 0 aliphatic carbocycles. The van der Waals surface area contributed by atoms with Crippen LogP contribution in [0.1, 0.15) is 25.0 Å². The van der Waals surface area contributed by atoms with Crippen LogP contribution in [0.5, 0.6) is 5.75 Å². The maximum atomic E-state index is 11.3. The van der Waals surface area contributed by atoms with E-state index >= 15 is 0 Å². The molecule has 0 fully saturated rings. The molecule has 0 saturated carbocycles. The Morgan fingerprint density at radius 1 is 1.61 bits per heavy atom. The second kappa shape index (κ2) is 7.30. The van der Waals surface area contributed by atoms with Gasteiger partial charge in [-0.15, -0.1) is 0 Å². The number of ether oxygens (including phenoxy) is 1. The van der Waals surface area contributed by atoms with E-state index in [0.717, 1.165) is 5.56 Å². The van der Waals surface area contributed by atoms with Crippen molar-refractivity contribution in [1.29, 1.82) is 5.26 Å². The summed E-state index contributed by atoms with van der Waals surface area (Å²) in [6.07, 6.45) is -0.290. The van der Waals surface area contributed by atoms with Crippen molar-refractivity contribution in [2.75, 3.05) is 13.2 Å². The number of carbonyl (C=O) groups is 1. The second-order valence-corrected chi connectivity index (χ2v) is 3.80. The highest BCUT2D eigenvalue weighted by molar-refractivity contribution is 5.77. The largest absolute Gasteiger partial charge is 0.484 e. The monoisotopic (exact) mass is 248 g/mol. The van der Waals surface area contributed by atoms with Gasteiger partial charge in [0, 0.05) is 6.54 Å². The molecule has 0 bridgehead atoms. The third kappa shape index (κ3) is 4.85. The summed E-state index contributed by atoms with van der Waals surface area (Å²) in [4.78, 5) is 11.3. The van der Waals surface area contributed by atoms with Crippen LogP contribution in [-0.2, 0) is 4.79 Å². The summed E-state index contributed by atoms with van der Waals surface area (Å²) in [7, 11) is 0. The molecule has 0 aliphatic heterocycles. The number of amides is 1. The molecule has 96 valence electrons. The highest BCUT2D eigenvalue weighted by Gasteiger charge is 2.04. The molecule has 0 aromatic heterocycles. The number of benzene rings is 1. The van der Waals surface area contributed by atoms with Crippen molar-refractivity contribution >= 4 is 5.91 Å². The fraction of sp³-hybridized carbons (Fsp3) is 0.385. The molecule has 1 aromatic carbocycles. The number of hydrogen-bond donors (Lipinski definition) is 2. The zero-order valence-corrected chi connectivity index (χ0v) is 10.2. The minimum atomic E-state index is -0.571. The SMILES string of the molecule is C[C@H](O)c1cccc(OCC(=O)NCCC#N)c1. The number of nitriles is 1. The molecule has 18 heavy (non-hydrogen) atoms. The molecule has 0 unspecified atom stereocenters. The molecule has 0 heterocycles. The number of nitrogens with one attached hydrogen (secondary N) is 1. The van der Waals surface area contributed by atoms with Crippen LogP contribution in [0.4, 0.5) is 0 Å². The van der Waals surface area contributed by atoms with E-state index in [-0.39, 0.29) is 18.9 Å². The van der Waals surface area contributed by atoms with Crippen molar-refractivity contribution in [2.45, 2.75) is 19.4 Å². The lowest BCUT2D eigenvalue weighted by Crippen LogP contribution is -2.29. The maximum absolute atomic E-state index is 11.3. The molecule has 1 amide bonds. The van der Waals surface area contributed by atoms with Gasteiger partial charge >= 0.3 is 0 Å². The van der Waals surface area contributed by atoms with Gasteiger partial charge in [0.25, 0.3) is 5.91 Å². The Morgan fingerprint density at radius 3 is 3.06 bits per heavy atom. The van der Waals surface area contributed by atoms with Crippen LogP contribution >= 0.6 is 0 Å². The van der Waals surface area contributed by atoms with Crippen molar-refractivity contribution in [3.05, 3.63) is 29.8 Å². The molecule has 2 N–H and O–H groups in total. The number of hydrogen-bond acceptors (Lipinski definition) is 4. The first kappa shape index (κ1) is 14.0. The average molecular weight is 248 g/mol. The van der Waals surface area contributed by atoms with Crippen LogP contribution in [-0.4, -0.2) is 24.2 Å². The Kier molecular flexibility index (Phi) is 5.68. The van der Waals surface area contributed by atoms with Crippen LogP contribution in [0.2, 0.25) is 0 Å². The van der Waals surface area contributed by atoms with Gasteiger partial charge in [0.2, 0.25) is 0 Å². The Hall–Kier alpha value is -2.06. The van der Waals surface area contributed by atoms with Crippen LogP contribution in [0.15, 0.2) is 24.3 Å². The van der Waals surface area contributed by atoms with E-state index in [9.17, 15) is 9.90 Å². The minimum Gasteiger partial charge on any atom is -0.484 e. The summed E-state index contributed by atoms with van der Waals surface area (Å²) < 4.78 is 5.28. The van der Waals surface area contributed by atoms with Gasteiger partial charge < -0.3 is 15.2 Å². The summed E-state index contributed by atoms with van der Waals surface area (Å²) in [5.41, 5.74) is 0.734. The molecule has 1 aromatic rings. The quantitative estimate of drug-likeness (QED) is 0.740. The fourth-order valence-corrected chi connectivity index (χ4v) is 1.32. The summed E-state index contributed by atoms with van der Waals surface area (Å²) in [5.74, 6) is 0.261. The molecule has 1 rings (SSSR count). The van der Waals surface area contributed by atoms with Gasteiger partial charge in [-0.25, -0.2) is 0 Å². The average Bonchev–Trinajstić information content (AvgIpc) is 2.37. The molecule has 1 atom stereocenters. The van der Waals surface area contributed by atoms with Gasteiger partial charge in [-0.2, -0.15) is 5.26 Å². The zero-order valence-electron chi connectivity index (χ0n) is 10.2. The number of aliphatic hydroxyl groups excluding tert-OH is 1. The smallest absolute Gasteiger partial charge is 0.257 e. The van der Waals surface area contributed by atoms with E-state index < -0.39 is 6.10 Å². The van der Waals surface area contributed by atoms with Crippen molar-refractivity contribution in [3.63, 3.8) is 0 Å². The first-order valence-electron chi connectivity index (χ1n) is 5.68. The Morgan fingerprint density at radius 2 is 2.39 bits per heavy atom. The topological polar surface area (TPSA) is 82.3 Å². The van der Waals surface area contributed by atoms with E-state index in [4.69, 9.17) is 10.00 Å². The Bertz CT molecular complexity index is 438. The summed E-state index contributed by atoms with van der Waals surface area (Å²) in [6, 6.07) is 8.88. The van der Waals surface area contributed by atoms with Gasteiger partial charge in [0.1, 0.15) is 5.75 Å². The third-order valence-corrected chi connectivity index (χ3v) is 2.27. The van der Waals surface area contributed by atoms with Crippen LogP contribution in [0.3, 0.4) is 0 Å². The standard InChI is InChI=1S/C13H16N2O3/c1-10(16)11-4-2-5-12(8-11)18-9-13(17)15-7-3-6-14/h2,4-5,8,10,16H,3,7,9H2,1H3,(H,15,17)/t10-/m0/s1. The van der Waals surface area contributed by atoms with Gasteiger partial charge in [0.15, 0.2) is 6.61 Å². The molecule has 0 aliphatic rings. The van der Waals surface area contributed by atoms with Gasteiger partial charge in [-0.1, -0.05) is 12.1 Å². The predicted octanol–water partition coefficient (Wildman–Crippen LogP) is 1.15. The van der Waals surface area contributed by atoms with Crippen LogP contribution in [0.25, 0.3) is 0 Å². The van der Waals surface area contributed by atoms with Crippen molar-refractivity contribution < 1.29 is 14.6 Å². The number of nitrogens with zero attached hydrogens (tertiary/aromatic N) is 1. The van der Waals surface area contributed by atoms with Gasteiger partial charge in [0.05, 0.1) is 18.6 Å². The van der Waals surface area contributed by atoms with Crippen LogP contribution < -0.4 is 10.1 Å². The van der Waals surface area contributed by atoms with Crippen molar-refractivity contribution in [2.24, 2.45) is 0 Å². The molecule has 0 saturated heterocycles. The first-order chi connectivity index (χ1) is 8.63. The first-order valence-corrected chi connectivity index (χ1v) is 5.68. The number of aliphatic hydroxyl groups is 1. The van der Waals surface area contributed by atoms with Crippen molar-refractivity contribution in [3.8, 4) is 11.8 Å². The summed E-state index contributed by atoms with van der Waals surface area (Å²) >= 11 is 0. The lowest BCUT2D eigenvalue weighted by molar-refractivity contribution is -0.123. The van der Waals surface area contributed by atoms with Gasteiger partial charge in [-0.3, -0.25) is 4.79 Å². The molecular weight excluding hydrogens is 232 g/mol. The number of carbonyl (C=O) groups excluding carboxylic acids is 1. The van der Waals surface area contributed by atoms with Crippen LogP contribution in [0, 0.1) is 11.3 Å². The normalized spacial score (nSPS) is 11.4. The van der Waals surface area contributed by atoms with E-state index in [1.807, 2.05) is 6.07 Å². The summed E-state index contributed by atoms with van der Waals surface area (Å²) in [5, 5.41) is 20.3. The highest BCUT2D eigenvalue weighted by atomic mass is 16.5. The number of rotatable bonds is 6. The minimum absolute atomic E-state index is 0.102. The highest BCUT2D eigenvalue weighted by Crippen LogP contribution is 2.18. The van der Waals surface area contributed by atoms with Gasteiger partial charge in [-0.05, 0) is 24.6 Å². The molecule has 0 radical (unpaired) electrons.